The molecular formula is C39H52N4O4. The second kappa shape index (κ2) is 14.3. The van der Waals surface area contributed by atoms with E-state index in [0.717, 1.165) is 48.9 Å². The number of aromatic hydroxyl groups is 1. The number of Topliss-reactive ketones (excluding diaryl/α,β-unsaturated/α-hetero) is 1. The van der Waals surface area contributed by atoms with Gasteiger partial charge in [-0.1, -0.05) is 69.4 Å². The van der Waals surface area contributed by atoms with Crippen molar-refractivity contribution in [2.24, 2.45) is 21.9 Å². The minimum absolute atomic E-state index is 0.0564. The molecule has 0 aromatic heterocycles. The van der Waals surface area contributed by atoms with Crippen LogP contribution in [-0.2, 0) is 16.6 Å². The molecule has 0 radical (unpaired) electrons. The monoisotopic (exact) mass is 640 g/mol. The highest BCUT2D eigenvalue weighted by Gasteiger charge is 2.53. The first-order valence-electron chi connectivity index (χ1n) is 17.7. The summed E-state index contributed by atoms with van der Waals surface area (Å²) in [4.78, 5) is 19.5. The fourth-order valence-corrected chi connectivity index (χ4v) is 8.51. The smallest absolute Gasteiger partial charge is 0.163 e. The van der Waals surface area contributed by atoms with Gasteiger partial charge in [-0.3, -0.25) is 9.79 Å². The fourth-order valence-electron chi connectivity index (χ4n) is 8.51. The van der Waals surface area contributed by atoms with Crippen LogP contribution in [0, 0.1) is 5.41 Å². The number of hydrogen-bond acceptors (Lipinski definition) is 8. The molecule has 2 aliphatic heterocycles. The number of nitrogens with zero attached hydrogens (tertiary/aromatic N) is 2. The summed E-state index contributed by atoms with van der Waals surface area (Å²) < 4.78 is 6.15. The summed E-state index contributed by atoms with van der Waals surface area (Å²) in [7, 11) is 0. The lowest BCUT2D eigenvalue weighted by atomic mass is 9.68. The van der Waals surface area contributed by atoms with Crippen LogP contribution in [0.3, 0.4) is 0 Å². The Morgan fingerprint density at radius 1 is 1.09 bits per heavy atom. The van der Waals surface area contributed by atoms with Gasteiger partial charge in [0.2, 0.25) is 0 Å². The van der Waals surface area contributed by atoms with Crippen LogP contribution in [0.2, 0.25) is 0 Å². The topological polar surface area (TPSA) is 134 Å². The number of allylic oxidation sites excluding steroid dienone is 1. The van der Waals surface area contributed by atoms with E-state index >= 15 is 0 Å². The third-order valence-corrected chi connectivity index (χ3v) is 11.1. The highest BCUT2D eigenvalue weighted by atomic mass is 16.5. The zero-order chi connectivity index (χ0) is 33.0. The Bertz CT molecular complexity index is 1540. The number of aryl methyl sites for hydroxylation is 1. The molecule has 6 rings (SSSR count). The average Bonchev–Trinajstić information content (AvgIpc) is 3.86. The lowest BCUT2D eigenvalue weighted by Crippen LogP contribution is -2.31. The summed E-state index contributed by atoms with van der Waals surface area (Å²) in [6, 6.07) is 13.8. The molecule has 0 bridgehead atoms. The molecule has 47 heavy (non-hydrogen) atoms. The Balaban J connectivity index is 1.13. The molecule has 2 heterocycles. The number of aliphatic imine (C=N–C) groups is 1. The summed E-state index contributed by atoms with van der Waals surface area (Å²) in [5, 5.41) is 20.7. The minimum Gasteiger partial charge on any atom is -0.504 e. The summed E-state index contributed by atoms with van der Waals surface area (Å²) >= 11 is 0. The van der Waals surface area contributed by atoms with Gasteiger partial charge in [0.1, 0.15) is 5.78 Å². The number of carbonyl (C=O) groups is 1. The van der Waals surface area contributed by atoms with Gasteiger partial charge < -0.3 is 31.3 Å². The molecule has 2 unspecified atom stereocenters. The Labute approximate surface area is 279 Å². The van der Waals surface area contributed by atoms with Gasteiger partial charge in [0.15, 0.2) is 18.2 Å². The highest BCUT2D eigenvalue weighted by Crippen LogP contribution is 2.61. The van der Waals surface area contributed by atoms with Gasteiger partial charge in [-0.15, -0.1) is 0 Å². The van der Waals surface area contributed by atoms with Crippen LogP contribution in [0.15, 0.2) is 70.5 Å². The van der Waals surface area contributed by atoms with Gasteiger partial charge in [0.05, 0.1) is 18.0 Å². The first-order valence-corrected chi connectivity index (χ1v) is 17.7. The number of aliphatic hydroxyl groups excluding tert-OH is 1. The summed E-state index contributed by atoms with van der Waals surface area (Å²) in [5.41, 5.74) is 19.2. The standard InChI is InChI=1S/C39H52N4O4/c1-2-3-4-10-30(44)21-31(45)13-11-27-12-14-35(46)36(19-27)47-26-43-23-32-33(22-42-34(32)24-43)39(18-17-38(25-39)15-5-6-16-38)29-9-7-8-28(20-29)37(40)41/h7-9,12,14,19-20,22,24,30,37,44,46H,2-6,10-11,13,15-18,21,23,25-26,40-41H2,1H3. The second-order valence-electron chi connectivity index (χ2n) is 14.5. The third-order valence-electron chi connectivity index (χ3n) is 11.1. The molecule has 6 N–H and O–H groups in total. The molecule has 2 aliphatic carbocycles. The Kier molecular flexibility index (Phi) is 10.2. The highest BCUT2D eigenvalue weighted by molar-refractivity contribution is 5.90. The number of ether oxygens (including phenoxy) is 1. The van der Waals surface area contributed by atoms with E-state index in [2.05, 4.69) is 42.4 Å². The number of benzene rings is 2. The molecule has 1 spiro atoms. The number of aliphatic hydroxyl groups is 1. The number of hydrogen-bond donors (Lipinski definition) is 4. The number of rotatable bonds is 15. The molecule has 8 nitrogen and oxygen atoms in total. The molecule has 2 fully saturated rings. The van der Waals surface area contributed by atoms with Crippen LogP contribution in [0.5, 0.6) is 11.5 Å². The minimum atomic E-state index is -0.566. The predicted molar refractivity (Wildman–Crippen MR) is 186 cm³/mol. The van der Waals surface area contributed by atoms with Crippen LogP contribution in [0.4, 0.5) is 0 Å². The van der Waals surface area contributed by atoms with Gasteiger partial charge in [0.25, 0.3) is 0 Å². The maximum Gasteiger partial charge on any atom is 0.163 e. The number of carbonyl (C=O) groups excluding carboxylic acids is 1. The van der Waals surface area contributed by atoms with Crippen molar-refractivity contribution < 1.29 is 19.7 Å². The van der Waals surface area contributed by atoms with Gasteiger partial charge >= 0.3 is 0 Å². The Morgan fingerprint density at radius 2 is 1.91 bits per heavy atom. The van der Waals surface area contributed by atoms with Crippen molar-refractivity contribution >= 4 is 12.0 Å². The van der Waals surface area contributed by atoms with Gasteiger partial charge in [0, 0.05) is 42.8 Å². The van der Waals surface area contributed by atoms with Gasteiger partial charge in [-0.2, -0.15) is 0 Å². The van der Waals surface area contributed by atoms with E-state index < -0.39 is 12.3 Å². The SMILES string of the molecule is CCCCCC(O)CC(=O)CCc1ccc(O)c(OCN2C=C3N=CC(C4(c5cccc(C(N)N)c5)CCC5(CCCC5)C4)=C3C2)c1. The van der Waals surface area contributed by atoms with Crippen LogP contribution in [0.1, 0.15) is 113 Å². The number of unbranched alkanes of at least 4 members (excludes halogenated alkanes) is 2. The molecule has 0 amide bonds. The lowest BCUT2D eigenvalue weighted by molar-refractivity contribution is -0.121. The number of fused-ring (bicyclic) bond motifs is 1. The average molecular weight is 641 g/mol. The van der Waals surface area contributed by atoms with Crippen molar-refractivity contribution in [1.82, 2.24) is 4.90 Å². The van der Waals surface area contributed by atoms with E-state index in [9.17, 15) is 15.0 Å². The van der Waals surface area contributed by atoms with E-state index in [4.69, 9.17) is 21.2 Å². The van der Waals surface area contributed by atoms with E-state index in [1.807, 2.05) is 18.2 Å². The number of nitrogens with two attached hydrogens (primary N) is 2. The number of ketones is 1. The second-order valence-corrected chi connectivity index (χ2v) is 14.5. The predicted octanol–water partition coefficient (Wildman–Crippen LogP) is 6.70. The summed E-state index contributed by atoms with van der Waals surface area (Å²) in [6.07, 6.45) is 16.6. The third kappa shape index (κ3) is 7.35. The zero-order valence-corrected chi connectivity index (χ0v) is 27.9. The molecule has 2 aromatic rings. The molecular weight excluding hydrogens is 588 g/mol. The van der Waals surface area contributed by atoms with Crippen LogP contribution in [-0.4, -0.2) is 46.5 Å². The van der Waals surface area contributed by atoms with Gasteiger partial charge in [-0.25, -0.2) is 0 Å². The first-order chi connectivity index (χ1) is 22.7. The quantitative estimate of drug-likeness (QED) is 0.126. The van der Waals surface area contributed by atoms with Crippen molar-refractivity contribution in [2.45, 2.75) is 114 Å². The largest absolute Gasteiger partial charge is 0.504 e. The van der Waals surface area contributed by atoms with Crippen molar-refractivity contribution in [2.75, 3.05) is 13.3 Å². The Morgan fingerprint density at radius 3 is 2.70 bits per heavy atom. The fraction of sp³-hybridized carbons (Fsp3) is 0.538. The van der Waals surface area contributed by atoms with Crippen molar-refractivity contribution in [1.29, 1.82) is 0 Å². The molecule has 0 saturated heterocycles. The number of phenolic OH excluding ortho intramolecular Hbond substituents is 1. The molecule has 2 atom stereocenters. The maximum atomic E-state index is 12.5. The summed E-state index contributed by atoms with van der Waals surface area (Å²) in [5.74, 6) is 0.523. The molecule has 2 saturated carbocycles. The number of phenols is 1. The summed E-state index contributed by atoms with van der Waals surface area (Å²) in [6.45, 7) is 3.08. The van der Waals surface area contributed by atoms with Crippen LogP contribution >= 0.6 is 0 Å². The van der Waals surface area contributed by atoms with E-state index in [1.54, 1.807) is 6.07 Å². The van der Waals surface area contributed by atoms with Crippen molar-refractivity contribution in [3.8, 4) is 11.5 Å². The normalized spacial score (nSPS) is 22.1. The molecule has 2 aromatic carbocycles. The van der Waals surface area contributed by atoms with E-state index in [-0.39, 0.29) is 30.1 Å². The van der Waals surface area contributed by atoms with Crippen LogP contribution < -0.4 is 16.2 Å². The first kappa shape index (κ1) is 33.4. The molecule has 4 aliphatic rings. The Hall–Kier alpha value is -3.46. The lowest BCUT2D eigenvalue weighted by Gasteiger charge is -2.35. The zero-order valence-electron chi connectivity index (χ0n) is 27.9. The van der Waals surface area contributed by atoms with E-state index in [0.29, 0.717) is 37.0 Å². The van der Waals surface area contributed by atoms with Gasteiger partial charge in [-0.05, 0) is 84.8 Å². The van der Waals surface area contributed by atoms with Crippen molar-refractivity contribution in [3.63, 3.8) is 0 Å². The molecule has 252 valence electrons. The molecule has 8 heteroatoms. The van der Waals surface area contributed by atoms with Crippen molar-refractivity contribution in [3.05, 3.63) is 82.2 Å². The van der Waals surface area contributed by atoms with Crippen LogP contribution in [0.25, 0.3) is 0 Å². The van der Waals surface area contributed by atoms with E-state index in [1.165, 1.54) is 48.8 Å². The maximum absolute atomic E-state index is 12.5.